The highest BCUT2D eigenvalue weighted by Gasteiger charge is 2.22. The second-order valence-electron chi connectivity index (χ2n) is 5.63. The molecule has 0 atom stereocenters. The van der Waals surface area contributed by atoms with E-state index in [4.69, 9.17) is 4.74 Å². The highest BCUT2D eigenvalue weighted by atomic mass is 16.5. The van der Waals surface area contributed by atoms with E-state index in [0.717, 1.165) is 13.1 Å². The summed E-state index contributed by atoms with van der Waals surface area (Å²) in [6, 6.07) is 10.3. The number of hydrogen-bond acceptors (Lipinski definition) is 3. The molecule has 0 N–H and O–H groups in total. The van der Waals surface area contributed by atoms with Gasteiger partial charge in [-0.05, 0) is 33.3 Å². The lowest BCUT2D eigenvalue weighted by molar-refractivity contribution is -0.143. The van der Waals surface area contributed by atoms with E-state index in [-0.39, 0.29) is 11.5 Å². The van der Waals surface area contributed by atoms with Crippen LogP contribution in [0.1, 0.15) is 39.7 Å². The molecule has 0 bridgehead atoms. The van der Waals surface area contributed by atoms with E-state index in [1.165, 1.54) is 5.56 Å². The van der Waals surface area contributed by atoms with Gasteiger partial charge in [-0.15, -0.1) is 0 Å². The standard InChI is InChI=1S/C16H25NO2/c1-5-19-15(18)11-12-17(16(2,3)4)13-14-9-7-6-8-10-14/h6-10H,5,11-13H2,1-4H3. The van der Waals surface area contributed by atoms with Crippen LogP contribution in [0.3, 0.4) is 0 Å². The zero-order valence-corrected chi connectivity index (χ0v) is 12.5. The van der Waals surface area contributed by atoms with Gasteiger partial charge in [0.1, 0.15) is 0 Å². The third-order valence-corrected chi connectivity index (χ3v) is 3.06. The van der Waals surface area contributed by atoms with Gasteiger partial charge < -0.3 is 4.74 Å². The van der Waals surface area contributed by atoms with Gasteiger partial charge in [0.05, 0.1) is 13.0 Å². The molecule has 0 aliphatic carbocycles. The zero-order chi connectivity index (χ0) is 14.3. The van der Waals surface area contributed by atoms with Crippen molar-refractivity contribution in [3.05, 3.63) is 35.9 Å². The summed E-state index contributed by atoms with van der Waals surface area (Å²) in [5.74, 6) is -0.121. The minimum atomic E-state index is -0.121. The number of nitrogens with zero attached hydrogens (tertiary/aromatic N) is 1. The molecule has 1 rings (SSSR count). The topological polar surface area (TPSA) is 29.5 Å². The van der Waals surface area contributed by atoms with Crippen molar-refractivity contribution in [2.75, 3.05) is 13.2 Å². The predicted octanol–water partition coefficient (Wildman–Crippen LogP) is 3.24. The van der Waals surface area contributed by atoms with Crippen molar-refractivity contribution in [2.24, 2.45) is 0 Å². The molecule has 0 amide bonds. The highest BCUT2D eigenvalue weighted by molar-refractivity contribution is 5.69. The Balaban J connectivity index is 2.61. The van der Waals surface area contributed by atoms with Gasteiger partial charge in [0.15, 0.2) is 0 Å². The Kier molecular flexibility index (Phi) is 6.03. The van der Waals surface area contributed by atoms with Crippen LogP contribution < -0.4 is 0 Å². The Bertz CT molecular complexity index is 381. The van der Waals surface area contributed by atoms with Gasteiger partial charge in [-0.2, -0.15) is 0 Å². The van der Waals surface area contributed by atoms with Crippen LogP contribution in [0.15, 0.2) is 30.3 Å². The average Bonchev–Trinajstić information content (AvgIpc) is 2.34. The summed E-state index contributed by atoms with van der Waals surface area (Å²) in [6.07, 6.45) is 0.442. The maximum Gasteiger partial charge on any atom is 0.307 e. The molecule has 1 aromatic rings. The van der Waals surface area contributed by atoms with Crippen molar-refractivity contribution < 1.29 is 9.53 Å². The Morgan fingerprint density at radius 2 is 1.84 bits per heavy atom. The lowest BCUT2D eigenvalue weighted by Crippen LogP contribution is -2.42. The van der Waals surface area contributed by atoms with Crippen molar-refractivity contribution in [3.63, 3.8) is 0 Å². The first-order chi connectivity index (χ1) is 8.93. The van der Waals surface area contributed by atoms with Crippen molar-refractivity contribution >= 4 is 5.97 Å². The summed E-state index contributed by atoms with van der Waals surface area (Å²) >= 11 is 0. The second-order valence-corrected chi connectivity index (χ2v) is 5.63. The molecule has 3 heteroatoms. The molecule has 0 unspecified atom stereocenters. The summed E-state index contributed by atoms with van der Waals surface area (Å²) in [5.41, 5.74) is 1.30. The molecule has 0 saturated heterocycles. The summed E-state index contributed by atoms with van der Waals surface area (Å²) in [5, 5.41) is 0. The summed E-state index contributed by atoms with van der Waals surface area (Å²) < 4.78 is 4.99. The minimum absolute atomic E-state index is 0.0301. The Morgan fingerprint density at radius 1 is 1.21 bits per heavy atom. The number of ether oxygens (including phenoxy) is 1. The first-order valence-corrected chi connectivity index (χ1v) is 6.88. The van der Waals surface area contributed by atoms with Gasteiger partial charge in [0, 0.05) is 18.6 Å². The van der Waals surface area contributed by atoms with Crippen molar-refractivity contribution in [1.82, 2.24) is 4.90 Å². The quantitative estimate of drug-likeness (QED) is 0.738. The molecule has 0 heterocycles. The van der Waals surface area contributed by atoms with Crippen LogP contribution in [-0.4, -0.2) is 29.6 Å². The molecule has 0 aliphatic heterocycles. The van der Waals surface area contributed by atoms with Crippen LogP contribution in [0.5, 0.6) is 0 Å². The van der Waals surface area contributed by atoms with Gasteiger partial charge >= 0.3 is 5.97 Å². The third-order valence-electron chi connectivity index (χ3n) is 3.06. The zero-order valence-electron chi connectivity index (χ0n) is 12.5. The lowest BCUT2D eigenvalue weighted by atomic mass is 10.0. The molecular formula is C16H25NO2. The molecule has 19 heavy (non-hydrogen) atoms. The third kappa shape index (κ3) is 5.88. The largest absolute Gasteiger partial charge is 0.466 e. The van der Waals surface area contributed by atoms with Gasteiger partial charge in [-0.3, -0.25) is 9.69 Å². The minimum Gasteiger partial charge on any atom is -0.466 e. The van der Waals surface area contributed by atoms with Crippen LogP contribution in [-0.2, 0) is 16.1 Å². The molecular weight excluding hydrogens is 238 g/mol. The van der Waals surface area contributed by atoms with E-state index < -0.39 is 0 Å². The van der Waals surface area contributed by atoms with Gasteiger partial charge in [-0.25, -0.2) is 0 Å². The van der Waals surface area contributed by atoms with Crippen LogP contribution in [0.25, 0.3) is 0 Å². The smallest absolute Gasteiger partial charge is 0.307 e. The molecule has 1 aromatic carbocycles. The fourth-order valence-electron chi connectivity index (χ4n) is 1.91. The van der Waals surface area contributed by atoms with E-state index in [1.807, 2.05) is 25.1 Å². The fourth-order valence-corrected chi connectivity index (χ4v) is 1.91. The Labute approximate surface area is 116 Å². The molecule has 0 aliphatic rings. The summed E-state index contributed by atoms with van der Waals surface area (Å²) in [4.78, 5) is 13.8. The van der Waals surface area contributed by atoms with Crippen molar-refractivity contribution in [2.45, 2.75) is 46.2 Å². The van der Waals surface area contributed by atoms with E-state index in [9.17, 15) is 4.79 Å². The highest BCUT2D eigenvalue weighted by Crippen LogP contribution is 2.17. The molecule has 0 aromatic heterocycles. The van der Waals surface area contributed by atoms with Gasteiger partial charge in [-0.1, -0.05) is 30.3 Å². The summed E-state index contributed by atoms with van der Waals surface area (Å²) in [7, 11) is 0. The number of hydrogen-bond donors (Lipinski definition) is 0. The van der Waals surface area contributed by atoms with E-state index in [1.54, 1.807) is 0 Å². The van der Waals surface area contributed by atoms with Gasteiger partial charge in [0.25, 0.3) is 0 Å². The SMILES string of the molecule is CCOC(=O)CCN(Cc1ccccc1)C(C)(C)C. The maximum atomic E-state index is 11.5. The molecule has 0 spiro atoms. The van der Waals surface area contributed by atoms with E-state index >= 15 is 0 Å². The molecule has 3 nitrogen and oxygen atoms in total. The number of benzene rings is 1. The van der Waals surface area contributed by atoms with Gasteiger partial charge in [0.2, 0.25) is 0 Å². The maximum absolute atomic E-state index is 11.5. The van der Waals surface area contributed by atoms with Crippen LogP contribution >= 0.6 is 0 Å². The van der Waals surface area contributed by atoms with Crippen LogP contribution in [0.4, 0.5) is 0 Å². The Hall–Kier alpha value is -1.35. The molecule has 106 valence electrons. The lowest BCUT2D eigenvalue weighted by Gasteiger charge is -2.35. The van der Waals surface area contributed by atoms with Crippen molar-refractivity contribution in [3.8, 4) is 0 Å². The molecule has 0 saturated carbocycles. The Morgan fingerprint density at radius 3 is 2.37 bits per heavy atom. The number of carbonyl (C=O) groups is 1. The second kappa shape index (κ2) is 7.29. The van der Waals surface area contributed by atoms with E-state index in [0.29, 0.717) is 13.0 Å². The number of carbonyl (C=O) groups excluding carboxylic acids is 1. The number of esters is 1. The normalized spacial score (nSPS) is 11.6. The monoisotopic (exact) mass is 263 g/mol. The molecule has 0 radical (unpaired) electrons. The van der Waals surface area contributed by atoms with Crippen LogP contribution in [0, 0.1) is 0 Å². The van der Waals surface area contributed by atoms with Crippen LogP contribution in [0.2, 0.25) is 0 Å². The molecule has 0 fully saturated rings. The predicted molar refractivity (Wildman–Crippen MR) is 77.9 cm³/mol. The van der Waals surface area contributed by atoms with Crippen molar-refractivity contribution in [1.29, 1.82) is 0 Å². The first kappa shape index (κ1) is 15.7. The fraction of sp³-hybridized carbons (Fsp3) is 0.562. The first-order valence-electron chi connectivity index (χ1n) is 6.88. The number of rotatable bonds is 6. The average molecular weight is 263 g/mol. The summed E-state index contributed by atoms with van der Waals surface area (Å²) in [6.45, 7) is 10.4. The van der Waals surface area contributed by atoms with E-state index in [2.05, 4.69) is 37.8 Å².